The lowest BCUT2D eigenvalue weighted by molar-refractivity contribution is 0.332. The summed E-state index contributed by atoms with van der Waals surface area (Å²) in [5.74, 6) is 0. The largest absolute Gasteiger partial charge is 0.456 e. The summed E-state index contributed by atoms with van der Waals surface area (Å²) in [4.78, 5) is 5.13. The average Bonchev–Trinajstić information content (AvgIpc) is 1.58. The van der Waals surface area contributed by atoms with Gasteiger partial charge in [0.15, 0.2) is 0 Å². The van der Waals surface area contributed by atoms with Crippen LogP contribution in [0.3, 0.4) is 0 Å². The van der Waals surface area contributed by atoms with Crippen LogP contribution >= 0.6 is 11.3 Å². The lowest BCUT2D eigenvalue weighted by atomic mass is 9.43. The summed E-state index contributed by atoms with van der Waals surface area (Å²) in [7, 11) is 0. The fourth-order valence-electron chi connectivity index (χ4n) is 15.5. The van der Waals surface area contributed by atoms with E-state index in [4.69, 9.17) is 8.83 Å². The first-order valence-corrected chi connectivity index (χ1v) is 32.2. The van der Waals surface area contributed by atoms with E-state index in [1.165, 1.54) is 109 Å². The van der Waals surface area contributed by atoms with Gasteiger partial charge in [-0.25, -0.2) is 0 Å². The third-order valence-electron chi connectivity index (χ3n) is 20.5. The summed E-state index contributed by atoms with van der Waals surface area (Å²) >= 11 is 1.90. The zero-order chi connectivity index (χ0) is 59.7. The molecule has 0 spiro atoms. The van der Waals surface area contributed by atoms with Crippen molar-refractivity contribution in [3.8, 4) is 16.8 Å². The highest BCUT2D eigenvalue weighted by Gasteiger charge is 2.48. The van der Waals surface area contributed by atoms with Gasteiger partial charge in [-0.2, -0.15) is 0 Å². The summed E-state index contributed by atoms with van der Waals surface area (Å²) in [5.41, 5.74) is 24.9. The molecule has 428 valence electrons. The van der Waals surface area contributed by atoms with Crippen molar-refractivity contribution in [1.82, 2.24) is 4.57 Å². The molecule has 4 aromatic heterocycles. The molecule has 0 saturated carbocycles. The Kier molecular flexibility index (Phi) is 10.7. The minimum Gasteiger partial charge on any atom is -0.456 e. The summed E-state index contributed by atoms with van der Waals surface area (Å²) in [6, 6.07) is 67.6. The van der Waals surface area contributed by atoms with Gasteiger partial charge >= 0.3 is 6.85 Å². The van der Waals surface area contributed by atoms with Crippen molar-refractivity contribution in [2.75, 3.05) is 9.71 Å². The Labute approximate surface area is 513 Å². The van der Waals surface area contributed by atoms with Crippen LogP contribution in [0.25, 0.3) is 103 Å². The van der Waals surface area contributed by atoms with E-state index >= 15 is 0 Å². The summed E-state index contributed by atoms with van der Waals surface area (Å²) in [5, 5.41) is 9.51. The average molecular weight is 1150 g/mol. The number of rotatable bonds is 4. The molecule has 0 bridgehead atoms. The van der Waals surface area contributed by atoms with E-state index in [1.54, 1.807) is 0 Å². The molecule has 87 heavy (non-hydrogen) atoms. The van der Waals surface area contributed by atoms with Gasteiger partial charge in [0.25, 0.3) is 0 Å². The second-order valence-corrected chi connectivity index (χ2v) is 31.1. The van der Waals surface area contributed by atoms with Gasteiger partial charge in [-0.05, 0) is 181 Å². The van der Waals surface area contributed by atoms with E-state index < -0.39 is 0 Å². The van der Waals surface area contributed by atoms with E-state index in [0.717, 1.165) is 74.1 Å². The van der Waals surface area contributed by atoms with Crippen molar-refractivity contribution in [3.63, 3.8) is 0 Å². The molecular formula is C80H72BN3O2S. The molecule has 0 unspecified atom stereocenters. The van der Waals surface area contributed by atoms with Crippen LogP contribution in [-0.2, 0) is 27.1 Å². The lowest BCUT2D eigenvalue weighted by Crippen LogP contribution is -2.60. The Bertz CT molecular complexity index is 5220. The number of hydrogen-bond acceptors (Lipinski definition) is 5. The molecule has 1 aliphatic carbocycles. The van der Waals surface area contributed by atoms with Crippen LogP contribution in [0.2, 0.25) is 0 Å². The number of fused-ring (bicyclic) bond motifs is 20. The van der Waals surface area contributed by atoms with Crippen molar-refractivity contribution in [2.24, 2.45) is 0 Å². The standard InChI is InChI=1S/C80H72BN3O2S/c1-76(2,3)45-22-28-48(29-23-45)82(49-30-24-46(25-31-49)77(4,5)6)51-34-35-53-56-39-57-63(44-69(56)87-68(53)38-51)84(50-32-26-47(27-33-50)78(7,8)9)81-61-43-67-55(52-18-14-16-20-65(52)85-67)41-64(61)83-62-42-60-59(79(10,11)36-37-80(60,12)13)40-58(62)72-74(83)73(81)70(57)71-54-19-15-17-21-66(54)86-75(71)72/h14-35,38-44H,36-37H2,1-13H3. The number of benzene rings is 10. The van der Waals surface area contributed by atoms with E-state index in [-0.39, 0.29) is 33.9 Å². The first kappa shape index (κ1) is 52.8. The minimum absolute atomic E-state index is 0.00471. The molecule has 3 aliphatic rings. The SMILES string of the molecule is CC(C)(C)c1ccc(N2B3c4cc5oc6ccccc6c5cc4-n4c5cc6c(cc5c5c7oc8ccccc8c7c(c3c54)-c3cc4c(cc32)sc2cc(N(c3ccc(C(C)(C)C)cc3)c3ccc(C(C)(C)C)cc3)ccc24)C(C)(C)CCC6(C)C)cc1. The number of thiophene rings is 1. The van der Waals surface area contributed by atoms with Crippen molar-refractivity contribution in [2.45, 2.75) is 130 Å². The van der Waals surface area contributed by atoms with Gasteiger partial charge < -0.3 is 23.1 Å². The van der Waals surface area contributed by atoms with Crippen LogP contribution < -0.4 is 20.6 Å². The van der Waals surface area contributed by atoms with Gasteiger partial charge in [0.05, 0.1) is 16.4 Å². The molecule has 7 heteroatoms. The molecule has 14 aromatic rings. The van der Waals surface area contributed by atoms with Crippen molar-refractivity contribution < 1.29 is 8.83 Å². The van der Waals surface area contributed by atoms with Crippen molar-refractivity contribution >= 4 is 143 Å². The second kappa shape index (κ2) is 17.6. The Morgan fingerprint density at radius 3 is 1.67 bits per heavy atom. The maximum absolute atomic E-state index is 7.48. The molecule has 0 fully saturated rings. The van der Waals surface area contributed by atoms with Crippen molar-refractivity contribution in [1.29, 1.82) is 0 Å². The normalized spacial score (nSPS) is 15.5. The smallest absolute Gasteiger partial charge is 0.333 e. The Morgan fingerprint density at radius 2 is 1.03 bits per heavy atom. The third kappa shape index (κ3) is 7.57. The lowest BCUT2D eigenvalue weighted by Gasteiger charge is -2.42. The molecule has 5 nitrogen and oxygen atoms in total. The quantitative estimate of drug-likeness (QED) is 0.165. The fourth-order valence-corrected chi connectivity index (χ4v) is 16.7. The van der Waals surface area contributed by atoms with Gasteiger partial charge in [-0.1, -0.05) is 169 Å². The van der Waals surface area contributed by atoms with Crippen LogP contribution in [0.4, 0.5) is 28.4 Å². The van der Waals surface area contributed by atoms with Gasteiger partial charge in [0, 0.05) is 86.8 Å². The second-order valence-electron chi connectivity index (χ2n) is 30.0. The molecule has 0 atom stereocenters. The Balaban J connectivity index is 0.995. The predicted octanol–water partition coefficient (Wildman–Crippen LogP) is 21.9. The molecule has 0 saturated heterocycles. The molecule has 6 heterocycles. The zero-order valence-corrected chi connectivity index (χ0v) is 53.1. The number of anilines is 5. The van der Waals surface area contributed by atoms with Crippen LogP contribution in [0.5, 0.6) is 0 Å². The summed E-state index contributed by atoms with van der Waals surface area (Å²) < 4.78 is 19.6. The maximum atomic E-state index is 7.48. The Morgan fingerprint density at radius 1 is 0.471 bits per heavy atom. The van der Waals surface area contributed by atoms with Crippen LogP contribution in [-0.4, -0.2) is 11.4 Å². The van der Waals surface area contributed by atoms with Crippen molar-refractivity contribution in [3.05, 3.63) is 204 Å². The number of aromatic nitrogens is 1. The van der Waals surface area contributed by atoms with E-state index in [9.17, 15) is 0 Å². The topological polar surface area (TPSA) is 37.7 Å². The first-order chi connectivity index (χ1) is 41.5. The zero-order valence-electron chi connectivity index (χ0n) is 52.3. The molecule has 0 amide bonds. The monoisotopic (exact) mass is 1150 g/mol. The Hall–Kier alpha value is -8.52. The number of furan rings is 2. The number of hydrogen-bond donors (Lipinski definition) is 0. The van der Waals surface area contributed by atoms with Gasteiger partial charge in [-0.3, -0.25) is 0 Å². The summed E-state index contributed by atoms with van der Waals surface area (Å²) in [6.45, 7) is 30.3. The molecule has 0 N–H and O–H groups in total. The molecule has 2 aliphatic heterocycles. The third-order valence-corrected chi connectivity index (χ3v) is 21.6. The number of para-hydroxylation sites is 2. The van der Waals surface area contributed by atoms with Crippen LogP contribution in [0.15, 0.2) is 185 Å². The van der Waals surface area contributed by atoms with E-state index in [1.807, 2.05) is 11.3 Å². The van der Waals surface area contributed by atoms with Crippen LogP contribution in [0.1, 0.15) is 131 Å². The summed E-state index contributed by atoms with van der Waals surface area (Å²) in [6.07, 6.45) is 2.26. The van der Waals surface area contributed by atoms with Gasteiger partial charge in [-0.15, -0.1) is 11.3 Å². The number of nitrogens with zero attached hydrogens (tertiary/aromatic N) is 3. The van der Waals surface area contributed by atoms with E-state index in [0.29, 0.717) is 0 Å². The highest BCUT2D eigenvalue weighted by Crippen LogP contribution is 2.56. The predicted molar refractivity (Wildman–Crippen MR) is 373 cm³/mol. The maximum Gasteiger partial charge on any atom is 0.333 e. The van der Waals surface area contributed by atoms with Crippen LogP contribution in [0, 0.1) is 0 Å². The highest BCUT2D eigenvalue weighted by atomic mass is 32.1. The molecule has 10 aromatic carbocycles. The minimum atomic E-state index is -0.248. The van der Waals surface area contributed by atoms with E-state index in [2.05, 4.69) is 280 Å². The molecule has 0 radical (unpaired) electrons. The van der Waals surface area contributed by atoms with Gasteiger partial charge in [0.2, 0.25) is 0 Å². The molecular weight excluding hydrogens is 1080 g/mol. The molecule has 17 rings (SSSR count). The van der Waals surface area contributed by atoms with Gasteiger partial charge in [0.1, 0.15) is 22.3 Å². The highest BCUT2D eigenvalue weighted by molar-refractivity contribution is 7.26. The first-order valence-electron chi connectivity index (χ1n) is 31.4. The fraction of sp³-hybridized carbons (Fsp3) is 0.250.